The maximum Gasteiger partial charge on any atom is 0.227 e. The molecule has 1 aliphatic heterocycles. The molecule has 4 rings (SSSR count). The zero-order valence-corrected chi connectivity index (χ0v) is 18.9. The lowest BCUT2D eigenvalue weighted by Gasteiger charge is -2.58. The Labute approximate surface area is 181 Å². The van der Waals surface area contributed by atoms with E-state index in [1.807, 2.05) is 17.9 Å². The molecular formula is C22H37ClN4O2. The van der Waals surface area contributed by atoms with Gasteiger partial charge in [-0.3, -0.25) is 9.48 Å². The van der Waals surface area contributed by atoms with Crippen LogP contribution in [0.25, 0.3) is 0 Å². The highest BCUT2D eigenvalue weighted by Crippen LogP contribution is 2.57. The van der Waals surface area contributed by atoms with Crippen LogP contribution in [0.2, 0.25) is 0 Å². The first-order valence-corrected chi connectivity index (χ1v) is 11.2. The number of carbonyl (C=O) groups is 1. The van der Waals surface area contributed by atoms with Gasteiger partial charge in [-0.25, -0.2) is 0 Å². The summed E-state index contributed by atoms with van der Waals surface area (Å²) >= 11 is 0. The number of hydrogen-bond acceptors (Lipinski definition) is 4. The van der Waals surface area contributed by atoms with Crippen LogP contribution < -0.4 is 5.32 Å². The maximum absolute atomic E-state index is 13.8. The third kappa shape index (κ3) is 3.96. The molecule has 4 atom stereocenters. The second kappa shape index (κ2) is 9.36. The summed E-state index contributed by atoms with van der Waals surface area (Å²) in [6.07, 6.45) is 11.3. The smallest absolute Gasteiger partial charge is 0.227 e. The number of halogens is 1. The molecule has 7 heteroatoms. The van der Waals surface area contributed by atoms with Crippen molar-refractivity contribution >= 4 is 18.3 Å². The average molecular weight is 425 g/mol. The van der Waals surface area contributed by atoms with E-state index >= 15 is 0 Å². The van der Waals surface area contributed by atoms with Gasteiger partial charge in [-0.05, 0) is 38.2 Å². The van der Waals surface area contributed by atoms with Gasteiger partial charge in [0.25, 0.3) is 0 Å². The summed E-state index contributed by atoms with van der Waals surface area (Å²) < 4.78 is 7.95. The Morgan fingerprint density at radius 1 is 1.34 bits per heavy atom. The summed E-state index contributed by atoms with van der Waals surface area (Å²) in [6, 6.07) is 0.356. The van der Waals surface area contributed by atoms with Gasteiger partial charge in [0.1, 0.15) is 0 Å². The highest BCUT2D eigenvalue weighted by Gasteiger charge is 2.59. The summed E-state index contributed by atoms with van der Waals surface area (Å²) in [5.74, 6) is 0.579. The van der Waals surface area contributed by atoms with Crippen molar-refractivity contribution in [2.75, 3.05) is 26.2 Å². The summed E-state index contributed by atoms with van der Waals surface area (Å²) in [4.78, 5) is 16.0. The van der Waals surface area contributed by atoms with E-state index in [-0.39, 0.29) is 29.7 Å². The van der Waals surface area contributed by atoms with Crippen LogP contribution >= 0.6 is 12.4 Å². The Morgan fingerprint density at radius 3 is 2.72 bits per heavy atom. The Morgan fingerprint density at radius 2 is 2.10 bits per heavy atom. The molecule has 1 N–H and O–H groups in total. The number of amides is 1. The molecule has 1 aromatic rings. The minimum Gasteiger partial charge on any atom is -0.378 e. The third-order valence-corrected chi connectivity index (χ3v) is 7.45. The molecule has 1 saturated heterocycles. The molecule has 2 unspecified atom stereocenters. The molecule has 2 saturated carbocycles. The van der Waals surface area contributed by atoms with E-state index in [4.69, 9.17) is 4.74 Å². The molecular weight excluding hydrogens is 388 g/mol. The van der Waals surface area contributed by atoms with E-state index in [0.29, 0.717) is 18.1 Å². The number of carbonyl (C=O) groups excluding carboxylic acids is 1. The van der Waals surface area contributed by atoms with E-state index in [2.05, 4.69) is 35.4 Å². The van der Waals surface area contributed by atoms with Crippen LogP contribution in [0, 0.1) is 11.3 Å². The first-order chi connectivity index (χ1) is 13.6. The van der Waals surface area contributed by atoms with Crippen LogP contribution in [-0.4, -0.2) is 59.0 Å². The predicted octanol–water partition coefficient (Wildman–Crippen LogP) is 3.12. The third-order valence-electron chi connectivity index (χ3n) is 7.45. The van der Waals surface area contributed by atoms with Gasteiger partial charge in [-0.2, -0.15) is 5.10 Å². The normalized spacial score (nSPS) is 30.2. The van der Waals surface area contributed by atoms with E-state index in [0.717, 1.165) is 39.1 Å². The molecule has 2 aliphatic carbocycles. The topological polar surface area (TPSA) is 59.4 Å². The van der Waals surface area contributed by atoms with Crippen molar-refractivity contribution < 1.29 is 9.53 Å². The van der Waals surface area contributed by atoms with Gasteiger partial charge in [-0.1, -0.05) is 19.8 Å². The van der Waals surface area contributed by atoms with Crippen LogP contribution in [0.4, 0.5) is 0 Å². The summed E-state index contributed by atoms with van der Waals surface area (Å²) in [6.45, 7) is 7.54. The summed E-state index contributed by atoms with van der Waals surface area (Å²) in [7, 11) is 1.94. The fraction of sp³-hybridized carbons (Fsp3) is 0.818. The van der Waals surface area contributed by atoms with Crippen molar-refractivity contribution in [3.05, 3.63) is 18.0 Å². The number of nitrogens with zero attached hydrogens (tertiary/aromatic N) is 3. The maximum atomic E-state index is 13.8. The Hall–Kier alpha value is -1.11. The second-order valence-corrected chi connectivity index (χ2v) is 8.99. The summed E-state index contributed by atoms with van der Waals surface area (Å²) in [5, 5.41) is 7.80. The first-order valence-electron chi connectivity index (χ1n) is 11.2. The zero-order valence-electron chi connectivity index (χ0n) is 18.1. The standard InChI is InChI=1S/C22H36N4O2.ClH/c1-4-10-26(19-11-20(28-5-2)22(19)8-6-7-9-22)21(27)18-14-23-13-17(18)16-12-24-25(3)15-16;/h12,15,17-20,23H,4-11,13-14H2,1-3H3;1H/t17-,18+,19?,20?;/m1./s1. The van der Waals surface area contributed by atoms with E-state index in [1.165, 1.54) is 31.2 Å². The molecule has 0 aromatic carbocycles. The zero-order chi connectivity index (χ0) is 19.7. The molecule has 1 aromatic heterocycles. The lowest BCUT2D eigenvalue weighted by molar-refractivity contribution is -0.178. The Kier molecular flexibility index (Phi) is 7.28. The number of hydrogen-bond donors (Lipinski definition) is 1. The van der Waals surface area contributed by atoms with E-state index in [9.17, 15) is 4.79 Å². The highest BCUT2D eigenvalue weighted by atomic mass is 35.5. The van der Waals surface area contributed by atoms with Gasteiger partial charge in [0, 0.05) is 56.9 Å². The van der Waals surface area contributed by atoms with Crippen molar-refractivity contribution in [1.82, 2.24) is 20.0 Å². The lowest BCUT2D eigenvalue weighted by atomic mass is 9.59. The van der Waals surface area contributed by atoms with Crippen molar-refractivity contribution in [1.29, 1.82) is 0 Å². The van der Waals surface area contributed by atoms with Crippen LogP contribution in [0.5, 0.6) is 0 Å². The van der Waals surface area contributed by atoms with Gasteiger partial charge in [0.05, 0.1) is 18.2 Å². The van der Waals surface area contributed by atoms with Gasteiger partial charge >= 0.3 is 0 Å². The highest BCUT2D eigenvalue weighted by molar-refractivity contribution is 5.85. The van der Waals surface area contributed by atoms with Crippen molar-refractivity contribution in [3.63, 3.8) is 0 Å². The van der Waals surface area contributed by atoms with Crippen molar-refractivity contribution in [2.45, 2.75) is 70.4 Å². The molecule has 3 fully saturated rings. The molecule has 3 aliphatic rings. The minimum atomic E-state index is 0. The average Bonchev–Trinajstić information content (AvgIpc) is 3.43. The molecule has 6 nitrogen and oxygen atoms in total. The molecule has 164 valence electrons. The molecule has 1 spiro atoms. The summed E-state index contributed by atoms with van der Waals surface area (Å²) in [5.41, 5.74) is 1.38. The molecule has 2 heterocycles. The SMILES string of the molecule is CCCN(C(=O)[C@H]1CNC[C@@H]1c1cnn(C)c1)C1CC(OCC)C12CCCC2.Cl. The predicted molar refractivity (Wildman–Crippen MR) is 116 cm³/mol. The molecule has 0 radical (unpaired) electrons. The quantitative estimate of drug-likeness (QED) is 0.730. The lowest BCUT2D eigenvalue weighted by Crippen LogP contribution is -2.65. The molecule has 1 amide bonds. The molecule has 0 bridgehead atoms. The minimum absolute atomic E-state index is 0. The van der Waals surface area contributed by atoms with Crippen LogP contribution in [-0.2, 0) is 16.6 Å². The second-order valence-electron chi connectivity index (χ2n) is 8.99. The number of ether oxygens (including phenoxy) is 1. The largest absolute Gasteiger partial charge is 0.378 e. The first kappa shape index (κ1) is 22.6. The Bertz CT molecular complexity index is 688. The Balaban J connectivity index is 0.00000240. The van der Waals surface area contributed by atoms with Gasteiger partial charge in [-0.15, -0.1) is 12.4 Å². The number of rotatable bonds is 7. The van der Waals surface area contributed by atoms with Crippen LogP contribution in [0.15, 0.2) is 12.4 Å². The number of aryl methyl sites for hydroxylation is 1. The van der Waals surface area contributed by atoms with Crippen molar-refractivity contribution in [2.24, 2.45) is 18.4 Å². The van der Waals surface area contributed by atoms with E-state index in [1.54, 1.807) is 0 Å². The van der Waals surface area contributed by atoms with Gasteiger partial charge in [0.15, 0.2) is 0 Å². The monoisotopic (exact) mass is 424 g/mol. The van der Waals surface area contributed by atoms with Gasteiger partial charge < -0.3 is 15.0 Å². The molecule has 29 heavy (non-hydrogen) atoms. The number of aromatic nitrogens is 2. The van der Waals surface area contributed by atoms with Crippen LogP contribution in [0.3, 0.4) is 0 Å². The van der Waals surface area contributed by atoms with Crippen LogP contribution in [0.1, 0.15) is 63.9 Å². The van der Waals surface area contributed by atoms with E-state index < -0.39 is 0 Å². The fourth-order valence-corrected chi connectivity index (χ4v) is 6.08. The van der Waals surface area contributed by atoms with Crippen molar-refractivity contribution in [3.8, 4) is 0 Å². The number of nitrogens with one attached hydrogen (secondary N) is 1. The fourth-order valence-electron chi connectivity index (χ4n) is 6.08. The van der Waals surface area contributed by atoms with Gasteiger partial charge in [0.2, 0.25) is 5.91 Å².